The Hall–Kier alpha value is -5.75. The molecule has 6 nitrogen and oxygen atoms in total. The van der Waals surface area contributed by atoms with Gasteiger partial charge in [0.25, 0.3) is 6.35 Å². The summed E-state index contributed by atoms with van der Waals surface area (Å²) in [5.74, 6) is 1.59. The highest BCUT2D eigenvalue weighted by Gasteiger charge is 2.47. The molecule has 1 N–H and O–H groups in total. The van der Waals surface area contributed by atoms with Crippen LogP contribution in [0, 0.1) is 0 Å². The van der Waals surface area contributed by atoms with Crippen LogP contribution < -0.4 is 24.6 Å². The van der Waals surface area contributed by atoms with Crippen molar-refractivity contribution < 1.29 is 9.47 Å². The third-order valence-electron chi connectivity index (χ3n) is 9.74. The number of fused-ring (bicyclic) bond motifs is 4. The van der Waals surface area contributed by atoms with Crippen molar-refractivity contribution in [3.8, 4) is 11.5 Å². The van der Waals surface area contributed by atoms with Gasteiger partial charge in [-0.2, -0.15) is 4.99 Å². The Bertz CT molecular complexity index is 2070. The van der Waals surface area contributed by atoms with Gasteiger partial charge in [-0.05, 0) is 95.4 Å². The molecule has 230 valence electrons. The summed E-state index contributed by atoms with van der Waals surface area (Å²) in [5, 5.41) is 3.70. The van der Waals surface area contributed by atoms with E-state index >= 15 is 0 Å². The number of amidine groups is 1. The summed E-state index contributed by atoms with van der Waals surface area (Å²) in [6.07, 6.45) is 2.76. The molecular formula is C41H34N4O2. The Balaban J connectivity index is 1.12. The van der Waals surface area contributed by atoms with Crippen LogP contribution in [0.2, 0.25) is 0 Å². The van der Waals surface area contributed by atoms with Crippen molar-refractivity contribution in [1.82, 2.24) is 0 Å². The zero-order chi connectivity index (χ0) is 31.5. The van der Waals surface area contributed by atoms with E-state index in [0.29, 0.717) is 6.02 Å². The molecule has 5 aromatic rings. The molecule has 0 bridgehead atoms. The van der Waals surface area contributed by atoms with Crippen LogP contribution in [0.1, 0.15) is 31.4 Å². The average Bonchev–Trinajstić information content (AvgIpc) is 3.71. The molecule has 0 amide bonds. The molecular weight excluding hydrogens is 580 g/mol. The fourth-order valence-electron chi connectivity index (χ4n) is 7.45. The van der Waals surface area contributed by atoms with E-state index in [1.807, 2.05) is 72.8 Å². The molecule has 47 heavy (non-hydrogen) atoms. The highest BCUT2D eigenvalue weighted by molar-refractivity contribution is 6.01. The number of nitrogens with one attached hydrogen (secondary N) is 1. The summed E-state index contributed by atoms with van der Waals surface area (Å²) < 4.78 is 13.0. The largest absolute Gasteiger partial charge is 0.452 e. The van der Waals surface area contributed by atoms with E-state index in [4.69, 9.17) is 14.5 Å². The minimum absolute atomic E-state index is 0.0397. The van der Waals surface area contributed by atoms with Crippen molar-refractivity contribution in [3.63, 3.8) is 0 Å². The topological polar surface area (TPSA) is 49.3 Å². The number of hydrogen-bond donors (Lipinski definition) is 1. The van der Waals surface area contributed by atoms with Crippen molar-refractivity contribution in [2.45, 2.75) is 38.1 Å². The molecule has 2 aliphatic carbocycles. The molecule has 0 radical (unpaired) electrons. The van der Waals surface area contributed by atoms with Crippen LogP contribution >= 0.6 is 0 Å². The zero-order valence-electron chi connectivity index (χ0n) is 26.3. The van der Waals surface area contributed by atoms with Crippen LogP contribution in [-0.4, -0.2) is 18.4 Å². The van der Waals surface area contributed by atoms with Gasteiger partial charge in [-0.15, -0.1) is 0 Å². The fourth-order valence-corrected chi connectivity index (χ4v) is 7.45. The highest BCUT2D eigenvalue weighted by Crippen LogP contribution is 2.56. The standard InChI is InChI=1S/C41H34N4O2/c1-41(2)33-25-37-35(42-39(46-29-19-11-5-12-20-29)44(37)27-15-7-3-8-16-27)23-31(33)32-24-36-38(26-34(32)41)45(28-17-9-4-10-18-28)40(43-36)47-30-21-13-6-14-22-30/h3-25,38-39,42H,26H2,1-2H3. The van der Waals surface area contributed by atoms with E-state index in [1.165, 1.54) is 22.3 Å². The molecule has 4 aliphatic rings. The van der Waals surface area contributed by atoms with Gasteiger partial charge in [0.1, 0.15) is 11.5 Å². The molecule has 0 fully saturated rings. The Morgan fingerprint density at radius 3 is 1.98 bits per heavy atom. The van der Waals surface area contributed by atoms with Gasteiger partial charge in [-0.1, -0.05) is 86.6 Å². The molecule has 6 heteroatoms. The summed E-state index contributed by atoms with van der Waals surface area (Å²) in [7, 11) is 0. The highest BCUT2D eigenvalue weighted by atomic mass is 16.5. The quantitative estimate of drug-likeness (QED) is 0.214. The van der Waals surface area contributed by atoms with Gasteiger partial charge in [0, 0.05) is 16.8 Å². The van der Waals surface area contributed by atoms with E-state index in [0.717, 1.165) is 46.4 Å². The van der Waals surface area contributed by atoms with Crippen molar-refractivity contribution in [2.75, 3.05) is 15.1 Å². The average molecular weight is 615 g/mol. The van der Waals surface area contributed by atoms with Gasteiger partial charge in [-0.25, -0.2) is 0 Å². The van der Waals surface area contributed by atoms with E-state index in [9.17, 15) is 0 Å². The maximum absolute atomic E-state index is 6.54. The monoisotopic (exact) mass is 614 g/mol. The molecule has 5 aromatic carbocycles. The first kappa shape index (κ1) is 27.6. The molecule has 2 atom stereocenters. The lowest BCUT2D eigenvalue weighted by Gasteiger charge is -2.34. The molecule has 0 saturated carbocycles. The lowest BCUT2D eigenvalue weighted by Crippen LogP contribution is -2.40. The predicted octanol–water partition coefficient (Wildman–Crippen LogP) is 9.27. The summed E-state index contributed by atoms with van der Waals surface area (Å²) >= 11 is 0. The van der Waals surface area contributed by atoms with Crippen LogP contribution in [0.4, 0.5) is 22.7 Å². The van der Waals surface area contributed by atoms with Gasteiger partial charge in [0.2, 0.25) is 0 Å². The van der Waals surface area contributed by atoms with Crippen molar-refractivity contribution in [3.05, 3.63) is 162 Å². The van der Waals surface area contributed by atoms with Crippen molar-refractivity contribution in [1.29, 1.82) is 0 Å². The Kier molecular flexibility index (Phi) is 6.25. The number of anilines is 4. The molecule has 0 spiro atoms. The first-order valence-corrected chi connectivity index (χ1v) is 16.2. The summed E-state index contributed by atoms with van der Waals surface area (Å²) in [4.78, 5) is 9.65. The van der Waals surface area contributed by atoms with E-state index in [2.05, 4.69) is 95.7 Å². The first-order chi connectivity index (χ1) is 23.0. The minimum Gasteiger partial charge on any atom is -0.452 e. The zero-order valence-corrected chi connectivity index (χ0v) is 26.3. The molecule has 2 heterocycles. The number of ether oxygens (including phenoxy) is 2. The fraction of sp³-hybridized carbons (Fsp3) is 0.146. The van der Waals surface area contributed by atoms with Gasteiger partial charge >= 0.3 is 6.02 Å². The first-order valence-electron chi connectivity index (χ1n) is 16.2. The second kappa shape index (κ2) is 10.7. The second-order valence-corrected chi connectivity index (χ2v) is 12.9. The van der Waals surface area contributed by atoms with Crippen molar-refractivity contribution in [2.24, 2.45) is 4.99 Å². The molecule has 2 aliphatic heterocycles. The third-order valence-corrected chi connectivity index (χ3v) is 9.74. The van der Waals surface area contributed by atoms with Gasteiger partial charge in [0.15, 0.2) is 0 Å². The predicted molar refractivity (Wildman–Crippen MR) is 189 cm³/mol. The Labute approximate surface area is 274 Å². The number of aliphatic imine (C=N–C) groups is 1. The third kappa shape index (κ3) is 4.51. The smallest absolute Gasteiger partial charge is 0.303 e. The normalized spacial score (nSPS) is 20.0. The van der Waals surface area contributed by atoms with E-state index in [1.54, 1.807) is 0 Å². The van der Waals surface area contributed by atoms with Gasteiger partial charge in [-0.3, -0.25) is 9.80 Å². The maximum Gasteiger partial charge on any atom is 0.303 e. The molecule has 2 unspecified atom stereocenters. The number of nitrogens with zero attached hydrogens (tertiary/aromatic N) is 3. The van der Waals surface area contributed by atoms with Crippen molar-refractivity contribution >= 4 is 34.3 Å². The SMILES string of the molecule is CC1(C)C2=C(C=C3N=C(Oc4ccccc4)N(c4ccccc4)C3C2)c2cc3c(cc21)N(c1ccccc1)C(Oc1ccccc1)N3. The van der Waals surface area contributed by atoms with Gasteiger partial charge < -0.3 is 14.8 Å². The van der Waals surface area contributed by atoms with E-state index < -0.39 is 0 Å². The second-order valence-electron chi connectivity index (χ2n) is 12.9. The lowest BCUT2D eigenvalue weighted by molar-refractivity contribution is 0.243. The van der Waals surface area contributed by atoms with Crippen LogP contribution in [-0.2, 0) is 5.41 Å². The van der Waals surface area contributed by atoms with Gasteiger partial charge in [0.05, 0.1) is 23.1 Å². The summed E-state index contributed by atoms with van der Waals surface area (Å²) in [6.45, 7) is 4.72. The summed E-state index contributed by atoms with van der Waals surface area (Å²) in [5.41, 5.74) is 10.4. The maximum atomic E-state index is 6.54. The Morgan fingerprint density at radius 1 is 0.723 bits per heavy atom. The molecule has 9 rings (SSSR count). The number of rotatable bonds is 5. The Morgan fingerprint density at radius 2 is 1.32 bits per heavy atom. The molecule has 0 saturated heterocycles. The number of allylic oxidation sites excluding steroid dienone is 2. The van der Waals surface area contributed by atoms with Crippen LogP contribution in [0.25, 0.3) is 5.57 Å². The van der Waals surface area contributed by atoms with Crippen LogP contribution in [0.3, 0.4) is 0 Å². The minimum atomic E-state index is -0.389. The molecule has 0 aromatic heterocycles. The number of benzene rings is 5. The van der Waals surface area contributed by atoms with Crippen LogP contribution in [0.15, 0.2) is 156 Å². The van der Waals surface area contributed by atoms with Crippen LogP contribution in [0.5, 0.6) is 11.5 Å². The number of hydrogen-bond acceptors (Lipinski definition) is 6. The lowest BCUT2D eigenvalue weighted by atomic mass is 9.77. The summed E-state index contributed by atoms with van der Waals surface area (Å²) in [6, 6.07) is 46.2. The number of para-hydroxylation sites is 4. The van der Waals surface area contributed by atoms with E-state index in [-0.39, 0.29) is 17.8 Å².